The van der Waals surface area contributed by atoms with Crippen molar-refractivity contribution in [3.63, 3.8) is 0 Å². The van der Waals surface area contributed by atoms with Crippen molar-refractivity contribution in [3.8, 4) is 11.8 Å². The number of nitrogens with zero attached hydrogens (tertiary/aromatic N) is 1. The number of hydrogen-bond acceptors (Lipinski definition) is 9. The molecule has 0 radical (unpaired) electrons. The van der Waals surface area contributed by atoms with E-state index in [2.05, 4.69) is 22.5 Å². The van der Waals surface area contributed by atoms with Gasteiger partial charge in [-0.1, -0.05) is 89.7 Å². The van der Waals surface area contributed by atoms with E-state index in [1.165, 1.54) is 48.5 Å². The minimum Gasteiger partial charge on any atom is -0.378 e. The van der Waals surface area contributed by atoms with Crippen molar-refractivity contribution in [2.75, 3.05) is 42.7 Å². The molecule has 320 valence electrons. The van der Waals surface area contributed by atoms with Crippen molar-refractivity contribution in [3.05, 3.63) is 160 Å². The van der Waals surface area contributed by atoms with Crippen molar-refractivity contribution >= 4 is 48.9 Å². The van der Waals surface area contributed by atoms with Crippen LogP contribution in [0.4, 0.5) is 5.69 Å². The largest absolute Gasteiger partial charge is 0.378 e. The second-order valence-corrected chi connectivity index (χ2v) is 19.0. The lowest BCUT2D eigenvalue weighted by molar-refractivity contribution is -0.125. The van der Waals surface area contributed by atoms with Crippen LogP contribution in [0.5, 0.6) is 0 Å². The summed E-state index contributed by atoms with van der Waals surface area (Å²) >= 11 is 0. The quantitative estimate of drug-likeness (QED) is 0.0642. The molecule has 1 aliphatic heterocycles. The van der Waals surface area contributed by atoms with Gasteiger partial charge in [0.05, 0.1) is 52.7 Å². The number of amides is 3. The maximum absolute atomic E-state index is 13.8. The van der Waals surface area contributed by atoms with E-state index in [4.69, 9.17) is 4.74 Å². The molecule has 1 aliphatic rings. The molecule has 1 heterocycles. The van der Waals surface area contributed by atoms with Crippen molar-refractivity contribution in [1.82, 2.24) is 10.6 Å². The van der Waals surface area contributed by atoms with Gasteiger partial charge in [0.25, 0.3) is 5.91 Å². The van der Waals surface area contributed by atoms with Crippen molar-refractivity contribution in [1.29, 1.82) is 0 Å². The number of hydrogen-bond donors (Lipinski definition) is 2. The van der Waals surface area contributed by atoms with Crippen LogP contribution < -0.4 is 15.5 Å². The fourth-order valence-corrected chi connectivity index (χ4v) is 10.0. The van der Waals surface area contributed by atoms with E-state index in [-0.39, 0.29) is 71.9 Å². The lowest BCUT2D eigenvalue weighted by atomic mass is 9.99. The summed E-state index contributed by atoms with van der Waals surface area (Å²) in [5.41, 5.74) is 5.17. The predicted octanol–water partition coefficient (Wildman–Crippen LogP) is 5.64. The molecule has 2 N–H and O–H groups in total. The second kappa shape index (κ2) is 20.4. The van der Waals surface area contributed by atoms with Gasteiger partial charge in [0, 0.05) is 48.2 Å². The molecular formula is C48H47N3O9S2. The van der Waals surface area contributed by atoms with E-state index in [9.17, 15) is 36.0 Å². The van der Waals surface area contributed by atoms with E-state index in [1.807, 2.05) is 48.5 Å². The average Bonchev–Trinajstić information content (AvgIpc) is 3.25. The van der Waals surface area contributed by atoms with Gasteiger partial charge in [-0.25, -0.2) is 16.8 Å². The SMILES string of the molecule is Cc1ccc(S(=O)(=O)CC(CS(=O)(=O)c2ccc(C)cc2)C(=O)c2ccc(C(=O)NCCOCCNC(=O)CCC(=O)N3Cc4ccccc4C#Cc4ccccc43)cc2)cc1. The van der Waals surface area contributed by atoms with Crippen LogP contribution in [0.25, 0.3) is 0 Å². The molecule has 0 unspecified atom stereocenters. The summed E-state index contributed by atoms with van der Waals surface area (Å²) in [6, 6.07) is 32.9. The van der Waals surface area contributed by atoms with Crippen LogP contribution in [0.1, 0.15) is 61.4 Å². The average molecular weight is 874 g/mol. The lowest BCUT2D eigenvalue weighted by Crippen LogP contribution is -2.34. The molecule has 14 heteroatoms. The van der Waals surface area contributed by atoms with Gasteiger partial charge < -0.3 is 20.3 Å². The number of ether oxygens (including phenoxy) is 1. The fraction of sp³-hybridized carbons (Fsp3) is 0.250. The Morgan fingerprint density at radius 3 is 1.76 bits per heavy atom. The number of carbonyl (C=O) groups excluding carboxylic acids is 4. The summed E-state index contributed by atoms with van der Waals surface area (Å²) in [5, 5.41) is 5.47. The zero-order valence-corrected chi connectivity index (χ0v) is 36.1. The molecule has 0 saturated heterocycles. The molecule has 3 amide bonds. The van der Waals surface area contributed by atoms with E-state index >= 15 is 0 Å². The van der Waals surface area contributed by atoms with Gasteiger partial charge in [-0.15, -0.1) is 0 Å². The zero-order chi connectivity index (χ0) is 44.3. The number of rotatable bonds is 18. The molecule has 5 aromatic rings. The van der Waals surface area contributed by atoms with E-state index < -0.39 is 48.8 Å². The number of sulfone groups is 2. The number of benzene rings is 5. The Hall–Kier alpha value is -6.40. The lowest BCUT2D eigenvalue weighted by Gasteiger charge is -2.26. The molecular weight excluding hydrogens is 827 g/mol. The third-order valence-corrected chi connectivity index (χ3v) is 13.9. The highest BCUT2D eigenvalue weighted by atomic mass is 32.2. The van der Waals surface area contributed by atoms with Gasteiger partial charge in [-0.2, -0.15) is 0 Å². The molecule has 0 aromatic heterocycles. The molecule has 5 aromatic carbocycles. The summed E-state index contributed by atoms with van der Waals surface area (Å²) in [6.07, 6.45) is -0.00475. The van der Waals surface area contributed by atoms with E-state index in [1.54, 1.807) is 43.0 Å². The minimum absolute atomic E-state index is 0.00419. The first-order valence-corrected chi connectivity index (χ1v) is 23.4. The van der Waals surface area contributed by atoms with Crippen LogP contribution in [-0.2, 0) is 40.5 Å². The van der Waals surface area contributed by atoms with Crippen molar-refractivity contribution in [2.24, 2.45) is 5.92 Å². The van der Waals surface area contributed by atoms with Gasteiger partial charge in [0.15, 0.2) is 25.5 Å². The van der Waals surface area contributed by atoms with Gasteiger partial charge in [-0.3, -0.25) is 19.2 Å². The minimum atomic E-state index is -4.06. The first kappa shape index (κ1) is 45.1. The second-order valence-electron chi connectivity index (χ2n) is 14.9. The Balaban J connectivity index is 0.955. The highest BCUT2D eigenvalue weighted by molar-refractivity contribution is 7.92. The summed E-state index contributed by atoms with van der Waals surface area (Å²) < 4.78 is 59.3. The third-order valence-electron chi connectivity index (χ3n) is 10.2. The normalized spacial score (nSPS) is 12.2. The Morgan fingerprint density at radius 1 is 0.629 bits per heavy atom. The zero-order valence-electron chi connectivity index (χ0n) is 34.4. The maximum Gasteiger partial charge on any atom is 0.251 e. The topological polar surface area (TPSA) is 173 Å². The third kappa shape index (κ3) is 11.9. The molecule has 0 bridgehead atoms. The van der Waals surface area contributed by atoms with E-state index in [0.29, 0.717) is 12.2 Å². The van der Waals surface area contributed by atoms with Gasteiger partial charge in [0.1, 0.15) is 0 Å². The molecule has 6 rings (SSSR count). The number of carbonyl (C=O) groups is 4. The summed E-state index contributed by atoms with van der Waals surface area (Å²) in [4.78, 5) is 54.3. The molecule has 0 spiro atoms. The number of anilines is 1. The Morgan fingerprint density at radius 2 is 1.15 bits per heavy atom. The standard InChI is InChI=1S/C48H47N3O9S2/c1-34-11-21-42(22-12-34)61(56,57)32-41(33-62(58,59)43-23-13-35(2)14-24-43)47(54)38-17-19-39(20-18-38)48(55)50-28-30-60-29-27-49-45(52)25-26-46(53)51-31-40-9-4-3-7-36(40)15-16-37-8-5-6-10-44(37)51/h3-14,17-24,41H,25-33H2,1-2H3,(H,49,52)(H,50,55). The van der Waals surface area contributed by atoms with Gasteiger partial charge in [0.2, 0.25) is 11.8 Å². The molecule has 0 saturated carbocycles. The van der Waals surface area contributed by atoms with Crippen molar-refractivity contribution in [2.45, 2.75) is 43.0 Å². The van der Waals surface area contributed by atoms with Crippen LogP contribution >= 0.6 is 0 Å². The highest BCUT2D eigenvalue weighted by Crippen LogP contribution is 2.27. The van der Waals surface area contributed by atoms with Gasteiger partial charge >= 0.3 is 0 Å². The van der Waals surface area contributed by atoms with Crippen LogP contribution in [0.3, 0.4) is 0 Å². The molecule has 0 atom stereocenters. The number of nitrogens with one attached hydrogen (secondary N) is 2. The first-order valence-electron chi connectivity index (χ1n) is 20.1. The first-order chi connectivity index (χ1) is 29.7. The number of para-hydroxylation sites is 1. The van der Waals surface area contributed by atoms with Crippen LogP contribution in [0.15, 0.2) is 131 Å². The molecule has 12 nitrogen and oxygen atoms in total. The van der Waals surface area contributed by atoms with Crippen LogP contribution in [0.2, 0.25) is 0 Å². The number of aryl methyl sites for hydroxylation is 2. The van der Waals surface area contributed by atoms with Crippen LogP contribution in [0, 0.1) is 31.6 Å². The predicted molar refractivity (Wildman–Crippen MR) is 236 cm³/mol. The monoisotopic (exact) mass is 873 g/mol. The summed E-state index contributed by atoms with van der Waals surface area (Å²) in [7, 11) is -8.12. The highest BCUT2D eigenvalue weighted by Gasteiger charge is 2.33. The number of fused-ring (bicyclic) bond motifs is 2. The summed E-state index contributed by atoms with van der Waals surface area (Å²) in [6.45, 7) is 4.60. The summed E-state index contributed by atoms with van der Waals surface area (Å²) in [5.74, 6) is 1.82. The molecule has 0 aliphatic carbocycles. The maximum atomic E-state index is 13.8. The van der Waals surface area contributed by atoms with Crippen LogP contribution in [-0.4, -0.2) is 78.1 Å². The number of ketones is 1. The number of Topliss-reactive ketones (excluding diaryl/α,β-unsaturated/α-hetero) is 1. The molecule has 62 heavy (non-hydrogen) atoms. The Bertz CT molecular complexity index is 2650. The van der Waals surface area contributed by atoms with Crippen molar-refractivity contribution < 1.29 is 40.8 Å². The fourth-order valence-electron chi connectivity index (χ4n) is 6.79. The van der Waals surface area contributed by atoms with Gasteiger partial charge in [-0.05, 0) is 74.0 Å². The Labute approximate surface area is 362 Å². The molecule has 0 fully saturated rings. The van der Waals surface area contributed by atoms with E-state index in [0.717, 1.165) is 27.8 Å². The Kier molecular flexibility index (Phi) is 14.9. The smallest absolute Gasteiger partial charge is 0.251 e.